The molecule has 0 unspecified atom stereocenters. The average molecular weight is 285 g/mol. The largest absolute Gasteiger partial charge is 0.364 e. The number of nitrogens with one attached hydrogen (secondary N) is 1. The molecule has 0 saturated carbocycles. The molecule has 0 aliphatic rings. The van der Waals surface area contributed by atoms with Gasteiger partial charge in [-0.3, -0.25) is 4.79 Å². The Morgan fingerprint density at radius 3 is 2.88 bits per heavy atom. The highest BCUT2D eigenvalue weighted by molar-refractivity contribution is 9.10. The van der Waals surface area contributed by atoms with Gasteiger partial charge in [0, 0.05) is 10.0 Å². The monoisotopic (exact) mass is 284 g/mol. The summed E-state index contributed by atoms with van der Waals surface area (Å²) in [7, 11) is 0. The number of hydrogen-bond acceptors (Lipinski definition) is 3. The second-order valence-corrected chi connectivity index (χ2v) is 3.86. The predicted molar refractivity (Wildman–Crippen MR) is 58.0 cm³/mol. The first-order valence-corrected chi connectivity index (χ1v) is 5.05. The summed E-state index contributed by atoms with van der Waals surface area (Å²) in [5, 5.41) is 9.67. The highest BCUT2D eigenvalue weighted by Crippen LogP contribution is 2.28. The molecule has 0 aliphatic heterocycles. The van der Waals surface area contributed by atoms with Crippen LogP contribution < -0.4 is 5.73 Å². The van der Waals surface area contributed by atoms with Crippen LogP contribution in [0.15, 0.2) is 22.7 Å². The second kappa shape index (κ2) is 4.01. The van der Waals surface area contributed by atoms with Crippen LogP contribution >= 0.6 is 15.9 Å². The van der Waals surface area contributed by atoms with Gasteiger partial charge in [0.25, 0.3) is 5.91 Å². The van der Waals surface area contributed by atoms with E-state index in [4.69, 9.17) is 5.73 Å². The number of rotatable bonds is 2. The van der Waals surface area contributed by atoms with Gasteiger partial charge in [0.2, 0.25) is 0 Å². The van der Waals surface area contributed by atoms with E-state index in [0.717, 1.165) is 0 Å². The van der Waals surface area contributed by atoms with E-state index in [1.165, 1.54) is 18.2 Å². The molecule has 0 aliphatic carbocycles. The van der Waals surface area contributed by atoms with Crippen LogP contribution in [0, 0.1) is 5.82 Å². The van der Waals surface area contributed by atoms with Crippen LogP contribution in [-0.4, -0.2) is 21.3 Å². The third-order valence-electron chi connectivity index (χ3n) is 1.96. The van der Waals surface area contributed by atoms with E-state index in [1.807, 2.05) is 0 Å². The molecule has 0 fully saturated rings. The number of nitrogens with two attached hydrogens (primary N) is 1. The van der Waals surface area contributed by atoms with E-state index >= 15 is 0 Å². The van der Waals surface area contributed by atoms with Gasteiger partial charge in [0.15, 0.2) is 5.69 Å². The van der Waals surface area contributed by atoms with Gasteiger partial charge in [-0.1, -0.05) is 15.9 Å². The molecule has 5 nitrogen and oxygen atoms in total. The minimum atomic E-state index is -0.722. The van der Waals surface area contributed by atoms with Gasteiger partial charge in [-0.15, -0.1) is 0 Å². The van der Waals surface area contributed by atoms with Crippen molar-refractivity contribution >= 4 is 21.8 Å². The number of carbonyl (C=O) groups is 1. The highest BCUT2D eigenvalue weighted by atomic mass is 79.9. The third-order valence-corrected chi connectivity index (χ3v) is 2.66. The first kappa shape index (κ1) is 10.7. The Morgan fingerprint density at radius 1 is 1.44 bits per heavy atom. The van der Waals surface area contributed by atoms with Crippen molar-refractivity contribution in [2.75, 3.05) is 0 Å². The number of aromatic nitrogens is 3. The van der Waals surface area contributed by atoms with Gasteiger partial charge in [-0.25, -0.2) is 4.39 Å². The van der Waals surface area contributed by atoms with Gasteiger partial charge < -0.3 is 5.73 Å². The van der Waals surface area contributed by atoms with Crippen molar-refractivity contribution in [3.63, 3.8) is 0 Å². The molecule has 1 amide bonds. The number of carbonyl (C=O) groups excluding carboxylic acids is 1. The topological polar surface area (TPSA) is 84.7 Å². The molecule has 1 aromatic heterocycles. The smallest absolute Gasteiger partial charge is 0.271 e. The zero-order valence-electron chi connectivity index (χ0n) is 7.87. The first-order valence-electron chi connectivity index (χ1n) is 4.25. The number of halogens is 2. The van der Waals surface area contributed by atoms with Gasteiger partial charge in [-0.05, 0) is 18.2 Å². The van der Waals surface area contributed by atoms with Crippen molar-refractivity contribution < 1.29 is 9.18 Å². The normalized spacial score (nSPS) is 10.4. The summed E-state index contributed by atoms with van der Waals surface area (Å²) in [6, 6.07) is 4.05. The Bertz CT molecular complexity index is 554. The third kappa shape index (κ3) is 1.81. The van der Waals surface area contributed by atoms with Crippen molar-refractivity contribution in [3.05, 3.63) is 34.2 Å². The summed E-state index contributed by atoms with van der Waals surface area (Å²) in [6.45, 7) is 0. The standard InChI is InChI=1S/C9H6BrFN4O/c10-6-2-1-4(11)3-5(6)7-8(9(12)16)14-15-13-7/h1-3H,(H2,12,16)(H,13,14,15). The van der Waals surface area contributed by atoms with Gasteiger partial charge in [0.1, 0.15) is 11.5 Å². The van der Waals surface area contributed by atoms with Crippen molar-refractivity contribution in [2.45, 2.75) is 0 Å². The molecule has 0 bridgehead atoms. The lowest BCUT2D eigenvalue weighted by molar-refractivity contribution is 0.0996. The van der Waals surface area contributed by atoms with Gasteiger partial charge in [0.05, 0.1) is 0 Å². The number of nitrogens with zero attached hydrogens (tertiary/aromatic N) is 2. The summed E-state index contributed by atoms with van der Waals surface area (Å²) in [4.78, 5) is 11.0. The number of primary amides is 1. The Balaban J connectivity index is 2.62. The molecule has 1 aromatic carbocycles. The molecule has 0 saturated heterocycles. The lowest BCUT2D eigenvalue weighted by Gasteiger charge is -2.01. The fourth-order valence-corrected chi connectivity index (χ4v) is 1.70. The maximum atomic E-state index is 13.1. The summed E-state index contributed by atoms with van der Waals surface area (Å²) < 4.78 is 13.7. The fourth-order valence-electron chi connectivity index (χ4n) is 1.27. The summed E-state index contributed by atoms with van der Waals surface area (Å²) in [6.07, 6.45) is 0. The predicted octanol–water partition coefficient (Wildman–Crippen LogP) is 1.47. The van der Waals surface area contributed by atoms with Gasteiger partial charge in [-0.2, -0.15) is 15.4 Å². The molecule has 16 heavy (non-hydrogen) atoms. The van der Waals surface area contributed by atoms with Crippen LogP contribution in [0.4, 0.5) is 4.39 Å². The van der Waals surface area contributed by atoms with Crippen LogP contribution in [0.2, 0.25) is 0 Å². The van der Waals surface area contributed by atoms with Crippen LogP contribution in [0.3, 0.4) is 0 Å². The maximum absolute atomic E-state index is 13.1. The molecule has 82 valence electrons. The lowest BCUT2D eigenvalue weighted by Crippen LogP contribution is -2.12. The van der Waals surface area contributed by atoms with E-state index in [9.17, 15) is 9.18 Å². The minimum absolute atomic E-state index is 0.0219. The molecule has 2 aromatic rings. The fraction of sp³-hybridized carbons (Fsp3) is 0. The van der Waals surface area contributed by atoms with E-state index in [2.05, 4.69) is 31.3 Å². The van der Waals surface area contributed by atoms with Crippen molar-refractivity contribution in [1.29, 1.82) is 0 Å². The quantitative estimate of drug-likeness (QED) is 0.876. The second-order valence-electron chi connectivity index (χ2n) is 3.01. The summed E-state index contributed by atoms with van der Waals surface area (Å²) in [5.74, 6) is -1.16. The Hall–Kier alpha value is -1.76. The average Bonchev–Trinajstić information content (AvgIpc) is 2.70. The number of aromatic amines is 1. The Morgan fingerprint density at radius 2 is 2.19 bits per heavy atom. The maximum Gasteiger partial charge on any atom is 0.271 e. The summed E-state index contributed by atoms with van der Waals surface area (Å²) >= 11 is 3.23. The molecule has 1 heterocycles. The Labute approximate surface area is 98.0 Å². The van der Waals surface area contributed by atoms with E-state index in [0.29, 0.717) is 10.0 Å². The van der Waals surface area contributed by atoms with Crippen molar-refractivity contribution in [3.8, 4) is 11.3 Å². The SMILES string of the molecule is NC(=O)c1n[nH]nc1-c1cc(F)ccc1Br. The number of H-pyrrole nitrogens is 1. The number of amides is 1. The lowest BCUT2D eigenvalue weighted by atomic mass is 10.1. The van der Waals surface area contributed by atoms with Crippen LogP contribution in [0.5, 0.6) is 0 Å². The van der Waals surface area contributed by atoms with E-state index in [1.54, 1.807) is 0 Å². The van der Waals surface area contributed by atoms with Crippen LogP contribution in [-0.2, 0) is 0 Å². The van der Waals surface area contributed by atoms with Crippen molar-refractivity contribution in [1.82, 2.24) is 15.4 Å². The molecule has 2 rings (SSSR count). The minimum Gasteiger partial charge on any atom is -0.364 e. The van der Waals surface area contributed by atoms with Crippen LogP contribution in [0.1, 0.15) is 10.5 Å². The summed E-state index contributed by atoms with van der Waals surface area (Å²) in [5.41, 5.74) is 5.73. The van der Waals surface area contributed by atoms with E-state index < -0.39 is 11.7 Å². The zero-order valence-corrected chi connectivity index (χ0v) is 9.45. The highest BCUT2D eigenvalue weighted by Gasteiger charge is 2.17. The molecular formula is C9H6BrFN4O. The van der Waals surface area contributed by atoms with Crippen molar-refractivity contribution in [2.24, 2.45) is 5.73 Å². The Kier molecular flexibility index (Phi) is 2.69. The van der Waals surface area contributed by atoms with Gasteiger partial charge >= 0.3 is 0 Å². The number of benzene rings is 1. The molecule has 0 atom stereocenters. The molecular weight excluding hydrogens is 279 g/mol. The molecule has 0 radical (unpaired) electrons. The molecule has 3 N–H and O–H groups in total. The first-order chi connectivity index (χ1) is 7.59. The number of hydrogen-bond donors (Lipinski definition) is 2. The zero-order chi connectivity index (χ0) is 11.7. The van der Waals surface area contributed by atoms with Crippen LogP contribution in [0.25, 0.3) is 11.3 Å². The molecule has 0 spiro atoms. The van der Waals surface area contributed by atoms with E-state index in [-0.39, 0.29) is 11.4 Å². The molecule has 7 heteroatoms.